The van der Waals surface area contributed by atoms with E-state index >= 15 is 0 Å². The number of anilines is 6. The summed E-state index contributed by atoms with van der Waals surface area (Å²) in [6.07, 6.45) is 0. The molecule has 5 rings (SSSR count). The second-order valence-corrected chi connectivity index (χ2v) is 18.1. The van der Waals surface area contributed by atoms with Gasteiger partial charge < -0.3 is 41.3 Å². The van der Waals surface area contributed by atoms with Crippen LogP contribution >= 0.6 is 36.0 Å². The minimum absolute atomic E-state index is 0. The zero-order valence-electron chi connectivity index (χ0n) is 35.3. The third-order valence-electron chi connectivity index (χ3n) is 7.80. The standard InChI is InChI=1S/C31H30ClN11O15S5.CH4.4Na/c1-2-43(18-6-4-3-5-7-18)31-37-29(32)36-30(38-31)35-17-8-11-23(59-57-55-44)21(14-17)40-42-28-26(33)22(16-25(27(28)34)63(51,52)53)41-39-20-10-9-19(15-24(20)62(48,49)50)61(46,47)13-12-54-60-58-56-45;;;;;/h3-11,14-16,44-45H,2,12-13,33-34H2,1H3,(H,48,49,50)(H,51,52,53)(H,35,36,37,38);1H4;;;;/q;;4*+1/p-4. The van der Waals surface area contributed by atoms with E-state index in [1.165, 1.54) is 18.2 Å². The van der Waals surface area contributed by atoms with E-state index in [1.54, 1.807) is 4.90 Å². The molecule has 36 heteroatoms. The Hall–Kier alpha value is -1.23. The molecule has 1 aromatic heterocycles. The fraction of sp³-hybridized carbons (Fsp3) is 0.156. The Bertz CT molecular complexity index is 2870. The van der Waals surface area contributed by atoms with Gasteiger partial charge in [0.15, 0.2) is 22.2 Å². The summed E-state index contributed by atoms with van der Waals surface area (Å²) in [5.74, 6) is -0.609. The number of azo groups is 2. The summed E-state index contributed by atoms with van der Waals surface area (Å²) in [7, 11) is -15.2. The molecule has 0 aliphatic carbocycles. The average molecular weight is 1100 g/mol. The van der Waals surface area contributed by atoms with Crippen LogP contribution in [0.25, 0.3) is 0 Å². The molecule has 0 fully saturated rings. The molecule has 0 unspecified atom stereocenters. The van der Waals surface area contributed by atoms with Crippen molar-refractivity contribution in [1.82, 2.24) is 15.0 Å². The molecule has 0 aliphatic rings. The molecule has 0 radical (unpaired) electrons. The molecule has 0 saturated carbocycles. The maximum Gasteiger partial charge on any atom is 1.00 e. The Morgan fingerprint density at radius 1 is 0.750 bits per heavy atom. The van der Waals surface area contributed by atoms with E-state index in [0.717, 1.165) is 17.8 Å². The molecular formula is C32H30ClN11Na4O15S5. The van der Waals surface area contributed by atoms with Gasteiger partial charge in [-0.15, -0.1) is 24.8 Å². The Balaban J connectivity index is 0.00000898. The zero-order valence-corrected chi connectivity index (χ0v) is 48.2. The van der Waals surface area contributed by atoms with Crippen LogP contribution in [-0.4, -0.2) is 68.2 Å². The third kappa shape index (κ3) is 18.7. The number of aromatic nitrogens is 3. The van der Waals surface area contributed by atoms with Crippen molar-refractivity contribution >= 4 is 123 Å². The predicted molar refractivity (Wildman–Crippen MR) is 222 cm³/mol. The van der Waals surface area contributed by atoms with Crippen molar-refractivity contribution in [2.45, 2.75) is 33.9 Å². The van der Waals surface area contributed by atoms with Gasteiger partial charge in [0.05, 0.1) is 55.4 Å². The van der Waals surface area contributed by atoms with Crippen LogP contribution in [-0.2, 0) is 53.0 Å². The number of nitrogens with two attached hydrogens (primary N) is 2. The van der Waals surface area contributed by atoms with Gasteiger partial charge in [0.1, 0.15) is 43.0 Å². The van der Waals surface area contributed by atoms with Crippen molar-refractivity contribution in [3.8, 4) is 0 Å². The Morgan fingerprint density at radius 2 is 1.38 bits per heavy atom. The number of benzene rings is 4. The van der Waals surface area contributed by atoms with Crippen LogP contribution in [0.4, 0.5) is 57.4 Å². The van der Waals surface area contributed by atoms with E-state index in [9.17, 15) is 44.9 Å². The first-order valence-electron chi connectivity index (χ1n) is 16.7. The number of nitrogens with one attached hydrogen (secondary N) is 1. The van der Waals surface area contributed by atoms with Gasteiger partial charge in [-0.2, -0.15) is 19.3 Å². The van der Waals surface area contributed by atoms with Crippen LogP contribution in [0.2, 0.25) is 5.28 Å². The number of nitrogens with zero attached hydrogens (tertiary/aromatic N) is 8. The second-order valence-electron chi connectivity index (χ2n) is 11.7. The number of para-hydroxylation sites is 1. The van der Waals surface area contributed by atoms with Crippen molar-refractivity contribution in [3.63, 3.8) is 0 Å². The summed E-state index contributed by atoms with van der Waals surface area (Å²) in [5.41, 5.74) is 9.63. The van der Waals surface area contributed by atoms with Crippen LogP contribution in [0.1, 0.15) is 14.4 Å². The summed E-state index contributed by atoms with van der Waals surface area (Å²) in [6, 6.07) is 16.1. The van der Waals surface area contributed by atoms with Crippen LogP contribution in [0.5, 0.6) is 0 Å². The van der Waals surface area contributed by atoms with E-state index < -0.39 is 85.6 Å². The van der Waals surface area contributed by atoms with Gasteiger partial charge in [-0.05, 0) is 73.1 Å². The quantitative estimate of drug-likeness (QED) is 0.00898. The fourth-order valence-corrected chi connectivity index (χ4v) is 8.38. The summed E-state index contributed by atoms with van der Waals surface area (Å²) >= 11 is 6.65. The first kappa shape index (κ1) is 66.8. The number of hydrogen-bond acceptors (Lipinski definition) is 28. The molecule has 344 valence electrons. The summed E-state index contributed by atoms with van der Waals surface area (Å²) in [6.45, 7) is 1.74. The minimum Gasteiger partial charge on any atom is -0.744 e. The van der Waals surface area contributed by atoms with Crippen LogP contribution < -0.4 is 150 Å². The van der Waals surface area contributed by atoms with Crippen molar-refractivity contribution in [2.24, 2.45) is 20.5 Å². The Kier molecular flexibility index (Phi) is 30.2. The SMILES string of the molecule is C.CCN(c1ccccc1)c1nc(Cl)nc(Nc2ccc(SOO[O-])c(N=Nc3c(N)c(N=Nc4ccc(S(=O)(=O)CCOSOO[O-])cc4S(=O)(=O)[O-])cc(S(=O)(=O)[O-])c3N)c2)n1.[Na+].[Na+].[Na+].[Na+]. The van der Waals surface area contributed by atoms with Crippen molar-refractivity contribution in [2.75, 3.05) is 40.6 Å². The zero-order chi connectivity index (χ0) is 46.0. The minimum atomic E-state index is -5.48. The molecule has 0 bridgehead atoms. The molecular weight excluding hydrogens is 1070 g/mol. The van der Waals surface area contributed by atoms with Crippen LogP contribution in [0.15, 0.2) is 113 Å². The maximum atomic E-state index is 12.8. The van der Waals surface area contributed by atoms with E-state index in [4.69, 9.17) is 23.1 Å². The number of nitrogen functional groups attached to an aromatic ring is 2. The van der Waals surface area contributed by atoms with Crippen molar-refractivity contribution < 1.29 is 186 Å². The second kappa shape index (κ2) is 30.7. The topological polar surface area (TPSA) is 396 Å². The van der Waals surface area contributed by atoms with E-state index in [0.29, 0.717) is 30.7 Å². The molecule has 1 heterocycles. The maximum absolute atomic E-state index is 12.8. The predicted octanol–water partition coefficient (Wildman–Crippen LogP) is -7.31. The molecule has 68 heavy (non-hydrogen) atoms. The molecule has 0 atom stereocenters. The Morgan fingerprint density at radius 3 is 2.00 bits per heavy atom. The van der Waals surface area contributed by atoms with Crippen molar-refractivity contribution in [3.05, 3.63) is 78.1 Å². The molecule has 5 aromatic rings. The van der Waals surface area contributed by atoms with E-state index in [2.05, 4.69) is 63.7 Å². The summed E-state index contributed by atoms with van der Waals surface area (Å²) in [5, 5.41) is 45.2. The van der Waals surface area contributed by atoms with Crippen LogP contribution in [0.3, 0.4) is 0 Å². The third-order valence-corrected chi connectivity index (χ3v) is 12.4. The van der Waals surface area contributed by atoms with Gasteiger partial charge in [-0.1, -0.05) is 25.6 Å². The van der Waals surface area contributed by atoms with Gasteiger partial charge in [0.25, 0.3) is 0 Å². The van der Waals surface area contributed by atoms with Gasteiger partial charge in [-0.25, -0.2) is 25.3 Å². The normalized spacial score (nSPS) is 11.4. The largest absolute Gasteiger partial charge is 1.00 e. The van der Waals surface area contributed by atoms with Crippen LogP contribution in [0, 0.1) is 0 Å². The monoisotopic (exact) mass is 1090 g/mol. The molecule has 26 nitrogen and oxygen atoms in total. The summed E-state index contributed by atoms with van der Waals surface area (Å²) < 4.78 is 112. The Labute approximate surface area is 491 Å². The smallest absolute Gasteiger partial charge is 0.744 e. The first-order chi connectivity index (χ1) is 29.9. The number of hydrogen-bond donors (Lipinski definition) is 3. The molecule has 0 aliphatic heterocycles. The van der Waals surface area contributed by atoms with Gasteiger partial charge in [0.2, 0.25) is 17.2 Å². The van der Waals surface area contributed by atoms with Gasteiger partial charge in [-0.3, -0.25) is 14.3 Å². The molecule has 0 saturated heterocycles. The molecule has 4 aromatic carbocycles. The van der Waals surface area contributed by atoms with E-state index in [-0.39, 0.29) is 171 Å². The molecule has 0 amide bonds. The molecule has 0 spiro atoms. The average Bonchev–Trinajstić information content (AvgIpc) is 3.22. The van der Waals surface area contributed by atoms with Gasteiger partial charge >= 0.3 is 118 Å². The first-order valence-corrected chi connectivity index (χ1v) is 23.0. The molecule has 5 N–H and O–H groups in total. The number of rotatable bonds is 21. The van der Waals surface area contributed by atoms with Crippen molar-refractivity contribution in [1.29, 1.82) is 0 Å². The number of halogens is 1. The number of sulfone groups is 1. The van der Waals surface area contributed by atoms with Gasteiger partial charge in [0, 0.05) is 17.9 Å². The summed E-state index contributed by atoms with van der Waals surface area (Å²) in [4.78, 5) is 11.6. The van der Waals surface area contributed by atoms with E-state index in [1.807, 2.05) is 37.3 Å². The fourth-order valence-electron chi connectivity index (χ4n) is 5.06.